The molecule has 0 radical (unpaired) electrons. The standard InChI is InChI=1S/C17H18N4O2S/c22-13-3-1-7-21(11-13)15-9-12(5-6-18-15)17-19-16(23-20-17)10-14-4-2-8-24-14/h2,4-6,8-9,13,22H,1,3,7,10-11H2. The number of β-amino-alcohol motifs (C(OH)–C–C–N with tert-alkyl or cyclic N) is 1. The minimum atomic E-state index is -0.285. The van der Waals surface area contributed by atoms with Gasteiger partial charge in [-0.25, -0.2) is 4.98 Å². The molecule has 4 rings (SSSR count). The molecule has 1 aliphatic rings. The largest absolute Gasteiger partial charge is 0.391 e. The molecular weight excluding hydrogens is 324 g/mol. The Morgan fingerprint density at radius 2 is 2.33 bits per heavy atom. The monoisotopic (exact) mass is 342 g/mol. The first-order chi connectivity index (χ1) is 11.8. The molecule has 1 aliphatic heterocycles. The maximum absolute atomic E-state index is 9.84. The van der Waals surface area contributed by atoms with E-state index in [9.17, 15) is 5.11 Å². The fraction of sp³-hybridized carbons (Fsp3) is 0.353. The third-order valence-corrected chi connectivity index (χ3v) is 4.97. The second-order valence-corrected chi connectivity index (χ2v) is 6.94. The molecule has 1 atom stereocenters. The van der Waals surface area contributed by atoms with Crippen molar-refractivity contribution in [2.75, 3.05) is 18.0 Å². The zero-order valence-electron chi connectivity index (χ0n) is 13.1. The Balaban J connectivity index is 1.54. The number of hydrogen-bond donors (Lipinski definition) is 1. The van der Waals surface area contributed by atoms with Gasteiger partial charge in [0, 0.05) is 29.7 Å². The van der Waals surface area contributed by atoms with E-state index in [0.29, 0.717) is 24.7 Å². The maximum atomic E-state index is 9.84. The summed E-state index contributed by atoms with van der Waals surface area (Å²) in [5, 5.41) is 16.0. The lowest BCUT2D eigenvalue weighted by atomic mass is 10.1. The SMILES string of the molecule is OC1CCCN(c2cc(-c3noc(Cc4cccs4)n3)ccn2)C1. The average molecular weight is 342 g/mol. The van der Waals surface area contributed by atoms with Crippen molar-refractivity contribution < 1.29 is 9.63 Å². The van der Waals surface area contributed by atoms with E-state index in [1.807, 2.05) is 23.6 Å². The van der Waals surface area contributed by atoms with Crippen LogP contribution in [0.2, 0.25) is 0 Å². The van der Waals surface area contributed by atoms with E-state index in [0.717, 1.165) is 30.8 Å². The van der Waals surface area contributed by atoms with Crippen molar-refractivity contribution in [2.45, 2.75) is 25.4 Å². The number of aliphatic hydroxyl groups excluding tert-OH is 1. The lowest BCUT2D eigenvalue weighted by Crippen LogP contribution is -2.38. The maximum Gasteiger partial charge on any atom is 0.232 e. The average Bonchev–Trinajstić information content (AvgIpc) is 3.27. The number of aromatic nitrogens is 3. The van der Waals surface area contributed by atoms with Gasteiger partial charge in [-0.05, 0) is 36.4 Å². The molecular formula is C17H18N4O2S. The van der Waals surface area contributed by atoms with E-state index in [1.165, 1.54) is 4.88 Å². The van der Waals surface area contributed by atoms with E-state index in [-0.39, 0.29) is 6.10 Å². The highest BCUT2D eigenvalue weighted by molar-refractivity contribution is 7.09. The topological polar surface area (TPSA) is 75.3 Å². The first kappa shape index (κ1) is 15.3. The molecule has 0 saturated carbocycles. The summed E-state index contributed by atoms with van der Waals surface area (Å²) in [6.07, 6.45) is 3.95. The summed E-state index contributed by atoms with van der Waals surface area (Å²) >= 11 is 1.68. The number of nitrogens with zero attached hydrogens (tertiary/aromatic N) is 4. The molecule has 24 heavy (non-hydrogen) atoms. The molecule has 0 aliphatic carbocycles. The summed E-state index contributed by atoms with van der Waals surface area (Å²) in [6, 6.07) is 7.90. The molecule has 1 fully saturated rings. The van der Waals surface area contributed by atoms with E-state index in [2.05, 4.69) is 26.1 Å². The molecule has 4 heterocycles. The molecule has 3 aromatic heterocycles. The molecule has 0 spiro atoms. The Labute approximate surface area is 143 Å². The van der Waals surface area contributed by atoms with Crippen LogP contribution in [0.3, 0.4) is 0 Å². The van der Waals surface area contributed by atoms with Gasteiger partial charge in [0.15, 0.2) is 0 Å². The van der Waals surface area contributed by atoms with Crippen LogP contribution in [0.4, 0.5) is 5.82 Å². The van der Waals surface area contributed by atoms with Crippen molar-refractivity contribution in [3.05, 3.63) is 46.6 Å². The van der Waals surface area contributed by atoms with Gasteiger partial charge in [0.05, 0.1) is 12.5 Å². The third kappa shape index (κ3) is 3.32. The summed E-state index contributed by atoms with van der Waals surface area (Å²) in [5.41, 5.74) is 0.876. The van der Waals surface area contributed by atoms with E-state index in [1.54, 1.807) is 17.5 Å². The van der Waals surface area contributed by atoms with Gasteiger partial charge in [-0.3, -0.25) is 0 Å². The molecule has 0 bridgehead atoms. The van der Waals surface area contributed by atoms with Crippen LogP contribution in [0.1, 0.15) is 23.6 Å². The summed E-state index contributed by atoms with van der Waals surface area (Å²) in [5.74, 6) is 2.03. The van der Waals surface area contributed by atoms with Crippen LogP contribution in [0, 0.1) is 0 Å². The number of anilines is 1. The highest BCUT2D eigenvalue weighted by Gasteiger charge is 2.19. The zero-order chi connectivity index (χ0) is 16.4. The Bertz CT molecular complexity index is 803. The molecule has 7 heteroatoms. The molecule has 1 unspecified atom stereocenters. The van der Waals surface area contributed by atoms with Crippen LogP contribution < -0.4 is 4.90 Å². The van der Waals surface area contributed by atoms with Crippen molar-refractivity contribution in [3.63, 3.8) is 0 Å². The van der Waals surface area contributed by atoms with Crippen LogP contribution in [0.5, 0.6) is 0 Å². The molecule has 1 N–H and O–H groups in total. The van der Waals surface area contributed by atoms with Crippen molar-refractivity contribution in [1.29, 1.82) is 0 Å². The second-order valence-electron chi connectivity index (χ2n) is 5.91. The van der Waals surface area contributed by atoms with Crippen molar-refractivity contribution in [1.82, 2.24) is 15.1 Å². The first-order valence-corrected chi connectivity index (χ1v) is 8.90. The van der Waals surface area contributed by atoms with Gasteiger partial charge in [-0.1, -0.05) is 11.2 Å². The van der Waals surface area contributed by atoms with Crippen LogP contribution in [0.25, 0.3) is 11.4 Å². The Kier molecular flexibility index (Phi) is 4.27. The van der Waals surface area contributed by atoms with Crippen molar-refractivity contribution >= 4 is 17.2 Å². The smallest absolute Gasteiger partial charge is 0.232 e. The number of thiophene rings is 1. The number of aliphatic hydroxyl groups is 1. The third-order valence-electron chi connectivity index (χ3n) is 4.10. The van der Waals surface area contributed by atoms with Crippen LogP contribution in [-0.2, 0) is 6.42 Å². The number of rotatable bonds is 4. The highest BCUT2D eigenvalue weighted by Crippen LogP contribution is 2.24. The van der Waals surface area contributed by atoms with Gasteiger partial charge in [-0.2, -0.15) is 4.98 Å². The number of pyridine rings is 1. The molecule has 0 amide bonds. The highest BCUT2D eigenvalue weighted by atomic mass is 32.1. The van der Waals surface area contributed by atoms with E-state index in [4.69, 9.17) is 4.52 Å². The minimum Gasteiger partial charge on any atom is -0.391 e. The summed E-state index contributed by atoms with van der Waals surface area (Å²) in [7, 11) is 0. The van der Waals surface area contributed by atoms with Gasteiger partial charge in [-0.15, -0.1) is 11.3 Å². The fourth-order valence-corrected chi connectivity index (χ4v) is 3.60. The van der Waals surface area contributed by atoms with Gasteiger partial charge >= 0.3 is 0 Å². The first-order valence-electron chi connectivity index (χ1n) is 8.02. The van der Waals surface area contributed by atoms with Crippen LogP contribution in [-0.4, -0.2) is 39.4 Å². The van der Waals surface area contributed by atoms with Gasteiger partial charge in [0.1, 0.15) is 5.82 Å². The molecule has 3 aromatic rings. The molecule has 0 aromatic carbocycles. The van der Waals surface area contributed by atoms with Crippen molar-refractivity contribution in [2.24, 2.45) is 0 Å². The van der Waals surface area contributed by atoms with Crippen molar-refractivity contribution in [3.8, 4) is 11.4 Å². The predicted molar refractivity (Wildman–Crippen MR) is 92.1 cm³/mol. The normalized spacial score (nSPS) is 18.0. The fourth-order valence-electron chi connectivity index (χ4n) is 2.90. The summed E-state index contributed by atoms with van der Waals surface area (Å²) < 4.78 is 5.37. The van der Waals surface area contributed by atoms with E-state index >= 15 is 0 Å². The van der Waals surface area contributed by atoms with Gasteiger partial charge in [0.25, 0.3) is 0 Å². The minimum absolute atomic E-state index is 0.285. The zero-order valence-corrected chi connectivity index (χ0v) is 13.9. The second kappa shape index (κ2) is 6.70. The van der Waals surface area contributed by atoms with Gasteiger partial charge < -0.3 is 14.5 Å². The predicted octanol–water partition coefficient (Wildman–Crippen LogP) is 2.75. The molecule has 124 valence electrons. The lowest BCUT2D eigenvalue weighted by Gasteiger charge is -2.31. The quantitative estimate of drug-likeness (QED) is 0.786. The number of piperidine rings is 1. The summed E-state index contributed by atoms with van der Waals surface area (Å²) in [4.78, 5) is 12.2. The van der Waals surface area contributed by atoms with Crippen LogP contribution in [0.15, 0.2) is 40.4 Å². The van der Waals surface area contributed by atoms with Gasteiger partial charge in [0.2, 0.25) is 11.7 Å². The Morgan fingerprint density at radius 1 is 1.38 bits per heavy atom. The van der Waals surface area contributed by atoms with E-state index < -0.39 is 0 Å². The molecule has 1 saturated heterocycles. The van der Waals surface area contributed by atoms with Crippen LogP contribution >= 0.6 is 11.3 Å². The Morgan fingerprint density at radius 3 is 3.17 bits per heavy atom. The molecule has 6 nitrogen and oxygen atoms in total. The lowest BCUT2D eigenvalue weighted by molar-refractivity contribution is 0.154. The number of hydrogen-bond acceptors (Lipinski definition) is 7. The Hall–Kier alpha value is -2.25. The summed E-state index contributed by atoms with van der Waals surface area (Å²) in [6.45, 7) is 1.52.